The van der Waals surface area contributed by atoms with Crippen molar-refractivity contribution in [1.82, 2.24) is 4.98 Å². The summed E-state index contributed by atoms with van der Waals surface area (Å²) in [4.78, 5) is 3.02. The first-order valence-corrected chi connectivity index (χ1v) is 5.08. The van der Waals surface area contributed by atoms with E-state index in [0.717, 1.165) is 6.92 Å². The maximum atomic E-state index is 12.4. The van der Waals surface area contributed by atoms with Gasteiger partial charge >= 0.3 is 12.5 Å². The summed E-state index contributed by atoms with van der Waals surface area (Å²) in [6.45, 7) is 1.07. The number of alkyl halides is 6. The molecule has 1 heterocycles. The Bertz CT molecular complexity index is 427. The molecule has 1 aromatic rings. The van der Waals surface area contributed by atoms with E-state index in [9.17, 15) is 26.3 Å². The van der Waals surface area contributed by atoms with Gasteiger partial charge in [0.15, 0.2) is 0 Å². The van der Waals surface area contributed by atoms with Gasteiger partial charge in [-0.1, -0.05) is 0 Å². The Kier molecular flexibility index (Phi) is 3.79. The highest BCUT2D eigenvalue weighted by atomic mass is 127. The van der Waals surface area contributed by atoms with Gasteiger partial charge in [0.05, 0.1) is 5.56 Å². The molecule has 0 fully saturated rings. The number of nitrogens with zero attached hydrogens (tertiary/aromatic N) is 1. The van der Waals surface area contributed by atoms with Gasteiger partial charge in [-0.3, -0.25) is 0 Å². The first-order valence-electron chi connectivity index (χ1n) is 4.00. The largest absolute Gasteiger partial charge is 0.574 e. The zero-order valence-electron chi connectivity index (χ0n) is 8.08. The summed E-state index contributed by atoms with van der Waals surface area (Å²) in [5.74, 6) is -0.880. The van der Waals surface area contributed by atoms with Crippen LogP contribution in [-0.2, 0) is 6.18 Å². The number of pyridine rings is 1. The van der Waals surface area contributed by atoms with Crippen LogP contribution in [0.25, 0.3) is 0 Å². The molecule has 1 rings (SSSR count). The number of halogens is 7. The molecule has 17 heavy (non-hydrogen) atoms. The third-order valence-electron chi connectivity index (χ3n) is 1.72. The average molecular weight is 371 g/mol. The summed E-state index contributed by atoms with van der Waals surface area (Å²) in [7, 11) is 0. The molecule has 0 bridgehead atoms. The lowest BCUT2D eigenvalue weighted by molar-refractivity contribution is -0.276. The second-order valence-electron chi connectivity index (χ2n) is 2.96. The maximum Gasteiger partial charge on any atom is 0.574 e. The number of hydrogen-bond acceptors (Lipinski definition) is 2. The van der Waals surface area contributed by atoms with Gasteiger partial charge in [-0.2, -0.15) is 13.2 Å². The molecule has 0 atom stereocenters. The van der Waals surface area contributed by atoms with Crippen LogP contribution in [0.4, 0.5) is 26.3 Å². The molecule has 0 unspecified atom stereocenters. The predicted molar refractivity (Wildman–Crippen MR) is 53.4 cm³/mol. The Morgan fingerprint density at radius 3 is 2.12 bits per heavy atom. The van der Waals surface area contributed by atoms with Crippen LogP contribution in [0, 0.1) is 10.5 Å². The van der Waals surface area contributed by atoms with Crippen molar-refractivity contribution < 1.29 is 31.1 Å². The van der Waals surface area contributed by atoms with Crippen molar-refractivity contribution in [2.24, 2.45) is 0 Å². The van der Waals surface area contributed by atoms with Crippen molar-refractivity contribution in [3.8, 4) is 5.88 Å². The van der Waals surface area contributed by atoms with Crippen LogP contribution in [0.1, 0.15) is 11.1 Å². The molecule has 0 aliphatic carbocycles. The first-order chi connectivity index (χ1) is 7.52. The molecule has 9 heteroatoms. The second-order valence-corrected chi connectivity index (χ2v) is 4.04. The molecule has 1 aromatic heterocycles. The van der Waals surface area contributed by atoms with Gasteiger partial charge in [0.2, 0.25) is 5.88 Å². The molecular formula is C8H4F6INO. The van der Waals surface area contributed by atoms with Crippen LogP contribution in [-0.4, -0.2) is 11.3 Å². The molecule has 2 nitrogen and oxygen atoms in total. The lowest BCUT2D eigenvalue weighted by atomic mass is 10.2. The van der Waals surface area contributed by atoms with Gasteiger partial charge in [-0.25, -0.2) is 4.98 Å². The summed E-state index contributed by atoms with van der Waals surface area (Å²) >= 11 is 1.30. The van der Waals surface area contributed by atoms with E-state index in [1.54, 1.807) is 0 Å². The van der Waals surface area contributed by atoms with Crippen LogP contribution in [0.5, 0.6) is 5.88 Å². The Hall–Kier alpha value is -0.740. The lowest BCUT2D eigenvalue weighted by Gasteiger charge is -2.14. The second kappa shape index (κ2) is 4.50. The molecule has 0 spiro atoms. The quantitative estimate of drug-likeness (QED) is 0.552. The van der Waals surface area contributed by atoms with Crippen molar-refractivity contribution in [3.05, 3.63) is 20.9 Å². The highest BCUT2D eigenvalue weighted by Crippen LogP contribution is 2.36. The Morgan fingerprint density at radius 2 is 1.71 bits per heavy atom. The Morgan fingerprint density at radius 1 is 1.18 bits per heavy atom. The highest BCUT2D eigenvalue weighted by molar-refractivity contribution is 14.1. The molecule has 0 aromatic carbocycles. The summed E-state index contributed by atoms with van der Waals surface area (Å²) in [5, 5.41) is 0. The monoisotopic (exact) mass is 371 g/mol. The van der Waals surface area contributed by atoms with E-state index in [0.29, 0.717) is 6.20 Å². The van der Waals surface area contributed by atoms with Gasteiger partial charge in [-0.05, 0) is 29.5 Å². The average Bonchev–Trinajstić information content (AvgIpc) is 2.08. The lowest BCUT2D eigenvalue weighted by Crippen LogP contribution is -2.20. The van der Waals surface area contributed by atoms with Crippen molar-refractivity contribution in [2.45, 2.75) is 19.5 Å². The van der Waals surface area contributed by atoms with Crippen molar-refractivity contribution in [3.63, 3.8) is 0 Å². The molecule has 0 aliphatic rings. The first kappa shape index (κ1) is 14.3. The number of aromatic nitrogens is 1. The topological polar surface area (TPSA) is 22.1 Å². The predicted octanol–water partition coefficient (Wildman–Crippen LogP) is 3.91. The van der Waals surface area contributed by atoms with Gasteiger partial charge in [0, 0.05) is 15.3 Å². The zero-order valence-corrected chi connectivity index (χ0v) is 10.2. The van der Waals surface area contributed by atoms with Gasteiger partial charge in [-0.15, -0.1) is 13.2 Å². The van der Waals surface area contributed by atoms with E-state index in [1.165, 1.54) is 22.6 Å². The Labute approximate surface area is 105 Å². The minimum atomic E-state index is -4.99. The van der Waals surface area contributed by atoms with E-state index >= 15 is 0 Å². The molecule has 96 valence electrons. The van der Waals surface area contributed by atoms with Crippen molar-refractivity contribution in [2.75, 3.05) is 0 Å². The van der Waals surface area contributed by atoms with Crippen LogP contribution >= 0.6 is 22.6 Å². The molecule has 0 saturated carbocycles. The summed E-state index contributed by atoms with van der Waals surface area (Å²) in [6, 6.07) is 0. The fourth-order valence-electron chi connectivity index (χ4n) is 0.983. The molecular weight excluding hydrogens is 367 g/mol. The SMILES string of the molecule is Cc1c(OC(F)(F)F)ncc(C(F)(F)F)c1I. The van der Waals surface area contributed by atoms with Gasteiger partial charge in [0.1, 0.15) is 0 Å². The number of rotatable bonds is 1. The molecule has 0 amide bonds. The number of ether oxygens (including phenoxy) is 1. The van der Waals surface area contributed by atoms with Crippen LogP contribution in [0.2, 0.25) is 0 Å². The third-order valence-corrected chi connectivity index (χ3v) is 3.11. The van der Waals surface area contributed by atoms with E-state index in [2.05, 4.69) is 9.72 Å². The van der Waals surface area contributed by atoms with Crippen LogP contribution in [0.15, 0.2) is 6.20 Å². The van der Waals surface area contributed by atoms with Crippen molar-refractivity contribution in [1.29, 1.82) is 0 Å². The molecule has 0 saturated heterocycles. The normalized spacial score (nSPS) is 12.7. The number of hydrogen-bond donors (Lipinski definition) is 0. The third kappa shape index (κ3) is 3.61. The van der Waals surface area contributed by atoms with E-state index in [4.69, 9.17) is 0 Å². The van der Waals surface area contributed by atoms with Gasteiger partial charge < -0.3 is 4.74 Å². The molecule has 0 aliphatic heterocycles. The summed E-state index contributed by atoms with van der Waals surface area (Å²) in [5.41, 5.74) is -1.40. The fraction of sp³-hybridized carbons (Fsp3) is 0.375. The van der Waals surface area contributed by atoms with Crippen molar-refractivity contribution >= 4 is 22.6 Å². The maximum absolute atomic E-state index is 12.4. The summed E-state index contributed by atoms with van der Waals surface area (Å²) < 4.78 is 76.0. The van der Waals surface area contributed by atoms with E-state index in [-0.39, 0.29) is 9.13 Å². The molecule has 0 radical (unpaired) electrons. The molecule has 0 N–H and O–H groups in total. The standard InChI is InChI=1S/C8H4F6INO/c1-3-5(15)4(7(9,10)11)2-16-6(3)17-8(12,13)14/h2H,1H3. The summed E-state index contributed by atoms with van der Waals surface area (Å²) in [6.07, 6.45) is -9.33. The minimum Gasteiger partial charge on any atom is -0.388 e. The fourth-order valence-corrected chi connectivity index (χ4v) is 1.66. The Balaban J connectivity index is 3.21. The van der Waals surface area contributed by atoms with Gasteiger partial charge in [0.25, 0.3) is 0 Å². The van der Waals surface area contributed by atoms with Crippen LogP contribution in [0.3, 0.4) is 0 Å². The van der Waals surface area contributed by atoms with E-state index in [1.807, 2.05) is 0 Å². The minimum absolute atomic E-state index is 0.308. The zero-order chi connectivity index (χ0) is 13.4. The highest BCUT2D eigenvalue weighted by Gasteiger charge is 2.37. The smallest absolute Gasteiger partial charge is 0.388 e. The van der Waals surface area contributed by atoms with E-state index < -0.39 is 24.0 Å². The van der Waals surface area contributed by atoms with Crippen LogP contribution < -0.4 is 4.74 Å².